The second kappa shape index (κ2) is 5.27. The SMILES string of the molecule is CC1=C(C#N)[C@@H](C)C(C#N)=C(c2cc(C(F)(F)F)oc2C)N1. The lowest BCUT2D eigenvalue weighted by molar-refractivity contribution is -0.153. The minimum Gasteiger partial charge on any atom is -0.456 e. The van der Waals surface area contributed by atoms with Crippen LogP contribution in [0.4, 0.5) is 13.2 Å². The molecule has 22 heavy (non-hydrogen) atoms. The fourth-order valence-electron chi connectivity index (χ4n) is 2.42. The van der Waals surface area contributed by atoms with E-state index in [1.807, 2.05) is 12.1 Å². The number of nitrogens with one attached hydrogen (secondary N) is 1. The molecule has 0 radical (unpaired) electrons. The van der Waals surface area contributed by atoms with Crippen LogP contribution in [0.1, 0.15) is 30.9 Å². The molecule has 0 amide bonds. The summed E-state index contributed by atoms with van der Waals surface area (Å²) in [5.41, 5.74) is 1.53. The number of dihydropyridines is 1. The highest BCUT2D eigenvalue weighted by Gasteiger charge is 2.37. The van der Waals surface area contributed by atoms with Gasteiger partial charge in [0.15, 0.2) is 0 Å². The van der Waals surface area contributed by atoms with E-state index in [4.69, 9.17) is 9.68 Å². The van der Waals surface area contributed by atoms with Crippen LogP contribution in [0, 0.1) is 35.5 Å². The van der Waals surface area contributed by atoms with Crippen LogP contribution in [-0.2, 0) is 6.18 Å². The first-order valence-corrected chi connectivity index (χ1v) is 6.40. The highest BCUT2D eigenvalue weighted by atomic mass is 19.4. The number of alkyl halides is 3. The number of halogens is 3. The van der Waals surface area contributed by atoms with Gasteiger partial charge in [-0.15, -0.1) is 0 Å². The molecular formula is C15H12F3N3O. The molecule has 1 atom stereocenters. The van der Waals surface area contributed by atoms with Crippen LogP contribution in [0.25, 0.3) is 5.70 Å². The van der Waals surface area contributed by atoms with Crippen molar-refractivity contribution >= 4 is 5.70 Å². The topological polar surface area (TPSA) is 72.8 Å². The quantitative estimate of drug-likeness (QED) is 0.854. The first-order valence-electron chi connectivity index (χ1n) is 6.40. The maximum atomic E-state index is 12.7. The molecule has 0 fully saturated rings. The Morgan fingerprint density at radius 2 is 1.77 bits per heavy atom. The van der Waals surface area contributed by atoms with Crippen molar-refractivity contribution in [1.29, 1.82) is 10.5 Å². The Morgan fingerprint density at radius 3 is 2.23 bits per heavy atom. The molecule has 1 aromatic heterocycles. The average molecular weight is 307 g/mol. The second-order valence-electron chi connectivity index (χ2n) is 4.98. The van der Waals surface area contributed by atoms with Crippen molar-refractivity contribution in [2.45, 2.75) is 26.9 Å². The summed E-state index contributed by atoms with van der Waals surface area (Å²) in [6.45, 7) is 4.71. The number of furan rings is 1. The first-order chi connectivity index (χ1) is 10.2. The van der Waals surface area contributed by atoms with E-state index in [0.717, 1.165) is 6.07 Å². The summed E-state index contributed by atoms with van der Waals surface area (Å²) in [5.74, 6) is -1.55. The van der Waals surface area contributed by atoms with Gasteiger partial charge in [0.2, 0.25) is 5.76 Å². The Balaban J connectivity index is 2.60. The zero-order valence-electron chi connectivity index (χ0n) is 12.1. The number of rotatable bonds is 1. The summed E-state index contributed by atoms with van der Waals surface area (Å²) in [7, 11) is 0. The van der Waals surface area contributed by atoms with Gasteiger partial charge in [0.05, 0.1) is 29.0 Å². The zero-order chi connectivity index (χ0) is 16.7. The van der Waals surface area contributed by atoms with Gasteiger partial charge in [0, 0.05) is 17.2 Å². The molecular weight excluding hydrogens is 295 g/mol. The predicted molar refractivity (Wildman–Crippen MR) is 71.6 cm³/mol. The molecule has 1 aliphatic heterocycles. The number of aryl methyl sites for hydroxylation is 1. The van der Waals surface area contributed by atoms with E-state index < -0.39 is 17.9 Å². The smallest absolute Gasteiger partial charge is 0.449 e. The Bertz CT molecular complexity index is 769. The third-order valence-electron chi connectivity index (χ3n) is 3.56. The molecule has 0 aliphatic carbocycles. The summed E-state index contributed by atoms with van der Waals surface area (Å²) in [5, 5.41) is 21.3. The number of nitriles is 2. The Hall–Kier alpha value is -2.67. The van der Waals surface area contributed by atoms with Crippen LogP contribution in [0.5, 0.6) is 0 Å². The molecule has 114 valence electrons. The van der Waals surface area contributed by atoms with Gasteiger partial charge in [-0.05, 0) is 19.9 Å². The summed E-state index contributed by atoms with van der Waals surface area (Å²) >= 11 is 0. The summed E-state index contributed by atoms with van der Waals surface area (Å²) < 4.78 is 43.0. The van der Waals surface area contributed by atoms with E-state index in [0.29, 0.717) is 11.3 Å². The van der Waals surface area contributed by atoms with Gasteiger partial charge in [0.25, 0.3) is 0 Å². The second-order valence-corrected chi connectivity index (χ2v) is 4.98. The molecule has 1 N–H and O–H groups in total. The lowest BCUT2D eigenvalue weighted by atomic mass is 9.86. The molecule has 4 nitrogen and oxygen atoms in total. The van der Waals surface area contributed by atoms with Crippen LogP contribution in [-0.4, -0.2) is 0 Å². The molecule has 0 unspecified atom stereocenters. The van der Waals surface area contributed by atoms with Gasteiger partial charge in [-0.3, -0.25) is 0 Å². The largest absolute Gasteiger partial charge is 0.456 e. The van der Waals surface area contributed by atoms with Crippen molar-refractivity contribution in [2.24, 2.45) is 5.92 Å². The monoisotopic (exact) mass is 307 g/mol. The van der Waals surface area contributed by atoms with E-state index in [1.54, 1.807) is 13.8 Å². The maximum absolute atomic E-state index is 12.7. The van der Waals surface area contributed by atoms with Gasteiger partial charge in [-0.1, -0.05) is 6.92 Å². The van der Waals surface area contributed by atoms with Gasteiger partial charge in [-0.2, -0.15) is 23.7 Å². The molecule has 2 heterocycles. The van der Waals surface area contributed by atoms with Gasteiger partial charge in [-0.25, -0.2) is 0 Å². The lowest BCUT2D eigenvalue weighted by Crippen LogP contribution is -2.23. The number of hydrogen-bond acceptors (Lipinski definition) is 4. The van der Waals surface area contributed by atoms with E-state index in [2.05, 4.69) is 5.32 Å². The average Bonchev–Trinajstić information content (AvgIpc) is 2.80. The molecule has 0 saturated heterocycles. The number of nitrogens with zero attached hydrogens (tertiary/aromatic N) is 2. The van der Waals surface area contributed by atoms with Gasteiger partial charge in [0.1, 0.15) is 5.76 Å². The summed E-state index contributed by atoms with van der Waals surface area (Å²) in [6.07, 6.45) is -4.60. The Labute approximate surface area is 125 Å². The first kappa shape index (κ1) is 15.7. The van der Waals surface area contributed by atoms with E-state index in [9.17, 15) is 18.4 Å². The fourth-order valence-corrected chi connectivity index (χ4v) is 2.42. The van der Waals surface area contributed by atoms with Crippen LogP contribution in [0.2, 0.25) is 0 Å². The molecule has 2 rings (SSSR count). The van der Waals surface area contributed by atoms with Crippen LogP contribution in [0.3, 0.4) is 0 Å². The fraction of sp³-hybridized carbons (Fsp3) is 0.333. The molecule has 0 spiro atoms. The number of allylic oxidation sites excluding steroid dienone is 3. The van der Waals surface area contributed by atoms with E-state index in [1.165, 1.54) is 6.92 Å². The van der Waals surface area contributed by atoms with Crippen molar-refractivity contribution in [3.05, 3.63) is 40.0 Å². The van der Waals surface area contributed by atoms with Crippen LogP contribution >= 0.6 is 0 Å². The molecule has 1 aromatic rings. The molecule has 0 saturated carbocycles. The van der Waals surface area contributed by atoms with Crippen molar-refractivity contribution in [3.8, 4) is 12.1 Å². The lowest BCUT2D eigenvalue weighted by Gasteiger charge is -2.24. The van der Waals surface area contributed by atoms with Crippen LogP contribution < -0.4 is 5.32 Å². The molecule has 7 heteroatoms. The standard InChI is InChI=1S/C15H12F3N3O/c1-7-11(5-19)8(2)21-14(12(7)6-20)10-4-13(15(16,17)18)22-9(10)3/h4,7,21H,1-3H3/t7-/m1/s1. The maximum Gasteiger partial charge on any atom is 0.449 e. The van der Waals surface area contributed by atoms with Gasteiger partial charge < -0.3 is 9.73 Å². The number of hydrogen-bond donors (Lipinski definition) is 1. The Morgan fingerprint density at radius 1 is 1.18 bits per heavy atom. The van der Waals surface area contributed by atoms with E-state index in [-0.39, 0.29) is 22.6 Å². The minimum atomic E-state index is -4.60. The predicted octanol–water partition coefficient (Wildman–Crippen LogP) is 3.88. The van der Waals surface area contributed by atoms with Crippen molar-refractivity contribution in [1.82, 2.24) is 5.32 Å². The summed E-state index contributed by atoms with van der Waals surface area (Å²) in [6, 6.07) is 4.85. The third kappa shape index (κ3) is 2.46. The van der Waals surface area contributed by atoms with Crippen molar-refractivity contribution < 1.29 is 17.6 Å². The van der Waals surface area contributed by atoms with Gasteiger partial charge >= 0.3 is 6.18 Å². The molecule has 1 aliphatic rings. The van der Waals surface area contributed by atoms with Crippen molar-refractivity contribution in [2.75, 3.05) is 0 Å². The molecule has 0 bridgehead atoms. The minimum absolute atomic E-state index is 0.0583. The Kier molecular flexibility index (Phi) is 3.76. The van der Waals surface area contributed by atoms with Crippen molar-refractivity contribution in [3.63, 3.8) is 0 Å². The highest BCUT2D eigenvalue weighted by Crippen LogP contribution is 2.38. The van der Waals surface area contributed by atoms with E-state index >= 15 is 0 Å². The summed E-state index contributed by atoms with van der Waals surface area (Å²) in [4.78, 5) is 0. The third-order valence-corrected chi connectivity index (χ3v) is 3.56. The highest BCUT2D eigenvalue weighted by molar-refractivity contribution is 5.76. The van der Waals surface area contributed by atoms with Crippen LogP contribution in [0.15, 0.2) is 27.3 Å². The molecule has 0 aromatic carbocycles. The zero-order valence-corrected chi connectivity index (χ0v) is 12.1. The normalized spacial score (nSPS) is 18.8.